The Morgan fingerprint density at radius 3 is 1.38 bits per heavy atom. The second kappa shape index (κ2) is 14.5. The average molecular weight is 437 g/mol. The average Bonchev–Trinajstić information content (AvgIpc) is 2.83. The molecule has 2 aromatic rings. The summed E-state index contributed by atoms with van der Waals surface area (Å²) in [5, 5.41) is 5.50. The van der Waals surface area contributed by atoms with Crippen molar-refractivity contribution >= 4 is 24.3 Å². The molecule has 2 aromatic carbocycles. The van der Waals surface area contributed by atoms with Crippen LogP contribution in [0.3, 0.4) is 0 Å². The van der Waals surface area contributed by atoms with Crippen molar-refractivity contribution in [1.29, 1.82) is 0 Å². The summed E-state index contributed by atoms with van der Waals surface area (Å²) in [6.07, 6.45) is 6.32. The number of ether oxygens (including phenoxy) is 2. The van der Waals surface area contributed by atoms with Gasteiger partial charge in [0.1, 0.15) is 13.2 Å². The van der Waals surface area contributed by atoms with Crippen LogP contribution < -0.4 is 10.6 Å². The maximum Gasteiger partial charge on any atom is 0.407 e. The molecule has 0 saturated heterocycles. The Balaban J connectivity index is 1.43. The van der Waals surface area contributed by atoms with E-state index in [-0.39, 0.29) is 13.2 Å². The molecule has 170 valence electrons. The second-order valence-electron chi connectivity index (χ2n) is 7.31. The van der Waals surface area contributed by atoms with Gasteiger partial charge in [0.15, 0.2) is 0 Å². The minimum absolute atomic E-state index is 0.241. The summed E-state index contributed by atoms with van der Waals surface area (Å²) in [4.78, 5) is 23.5. The van der Waals surface area contributed by atoms with Gasteiger partial charge < -0.3 is 20.1 Å². The fourth-order valence-corrected chi connectivity index (χ4v) is 2.88. The second-order valence-corrected chi connectivity index (χ2v) is 7.31. The summed E-state index contributed by atoms with van der Waals surface area (Å²) in [7, 11) is 0. The molecule has 2 amide bonds. The third-order valence-electron chi connectivity index (χ3n) is 4.81. The zero-order valence-corrected chi connectivity index (χ0v) is 18.5. The zero-order chi connectivity index (χ0) is 23.0. The molecule has 0 bridgehead atoms. The normalized spacial score (nSPS) is 10.1. The first-order chi connectivity index (χ1) is 15.6. The molecule has 6 nitrogen and oxygen atoms in total. The van der Waals surface area contributed by atoms with Crippen molar-refractivity contribution in [2.45, 2.75) is 38.9 Å². The van der Waals surface area contributed by atoms with E-state index in [4.69, 9.17) is 9.47 Å². The summed E-state index contributed by atoms with van der Waals surface area (Å²) in [6, 6.07) is 15.4. The van der Waals surface area contributed by atoms with E-state index in [0.717, 1.165) is 47.9 Å². The van der Waals surface area contributed by atoms with E-state index >= 15 is 0 Å². The van der Waals surface area contributed by atoms with Gasteiger partial charge in [-0.2, -0.15) is 0 Å². The fraction of sp³-hybridized carbons (Fsp3) is 0.308. The standard InChI is InChI=1S/C26H32N2O4/c1-3-21-9-13-23(14-10-21)19-31-25(29)27-17-7-5-6-8-18-28-26(30)32-20-24-15-11-22(4-2)12-16-24/h3-4,9-16H,1-2,5-8,17-20H2,(H,27,29)(H,28,30). The van der Waals surface area contributed by atoms with Crippen molar-refractivity contribution in [1.82, 2.24) is 10.6 Å². The molecule has 0 radical (unpaired) electrons. The van der Waals surface area contributed by atoms with Crippen LogP contribution in [-0.2, 0) is 22.7 Å². The van der Waals surface area contributed by atoms with Gasteiger partial charge in [-0.15, -0.1) is 0 Å². The Morgan fingerprint density at radius 2 is 1.03 bits per heavy atom. The highest BCUT2D eigenvalue weighted by atomic mass is 16.6. The van der Waals surface area contributed by atoms with E-state index < -0.39 is 12.2 Å². The van der Waals surface area contributed by atoms with Crippen molar-refractivity contribution < 1.29 is 19.1 Å². The molecule has 6 heteroatoms. The quantitative estimate of drug-likeness (QED) is 0.396. The number of unbranched alkanes of at least 4 members (excludes halogenated alkanes) is 3. The maximum atomic E-state index is 11.7. The van der Waals surface area contributed by atoms with Crippen LogP contribution in [0.2, 0.25) is 0 Å². The Kier molecular flexibility index (Phi) is 11.2. The van der Waals surface area contributed by atoms with Crippen molar-refractivity contribution in [3.05, 3.63) is 83.9 Å². The van der Waals surface area contributed by atoms with Crippen LogP contribution in [0.25, 0.3) is 12.2 Å². The first-order valence-electron chi connectivity index (χ1n) is 10.8. The van der Waals surface area contributed by atoms with Gasteiger partial charge in [0, 0.05) is 13.1 Å². The molecule has 0 aliphatic heterocycles. The first-order valence-corrected chi connectivity index (χ1v) is 10.8. The third kappa shape index (κ3) is 9.98. The van der Waals surface area contributed by atoms with E-state index in [2.05, 4.69) is 23.8 Å². The first kappa shape index (κ1) is 24.7. The van der Waals surface area contributed by atoms with E-state index in [1.165, 1.54) is 0 Å². The highest BCUT2D eigenvalue weighted by molar-refractivity contribution is 5.67. The highest BCUT2D eigenvalue weighted by Gasteiger charge is 2.04. The van der Waals surface area contributed by atoms with Crippen LogP contribution in [0.1, 0.15) is 47.9 Å². The summed E-state index contributed by atoms with van der Waals surface area (Å²) in [6.45, 7) is 9.03. The Bertz CT molecular complexity index is 787. The van der Waals surface area contributed by atoms with Crippen LogP contribution in [0, 0.1) is 0 Å². The van der Waals surface area contributed by atoms with E-state index in [9.17, 15) is 9.59 Å². The number of carbonyl (C=O) groups excluding carboxylic acids is 2. The molecule has 32 heavy (non-hydrogen) atoms. The molecule has 0 aromatic heterocycles. The third-order valence-corrected chi connectivity index (χ3v) is 4.81. The number of hydrogen-bond acceptors (Lipinski definition) is 4. The largest absolute Gasteiger partial charge is 0.445 e. The maximum absolute atomic E-state index is 11.7. The van der Waals surface area contributed by atoms with Gasteiger partial charge in [-0.3, -0.25) is 0 Å². The van der Waals surface area contributed by atoms with Gasteiger partial charge in [-0.05, 0) is 35.1 Å². The fourth-order valence-electron chi connectivity index (χ4n) is 2.88. The van der Waals surface area contributed by atoms with E-state index in [0.29, 0.717) is 13.1 Å². The lowest BCUT2D eigenvalue weighted by Gasteiger charge is -2.08. The van der Waals surface area contributed by atoms with Crippen LogP contribution in [-0.4, -0.2) is 25.3 Å². The topological polar surface area (TPSA) is 76.7 Å². The van der Waals surface area contributed by atoms with Crippen LogP contribution in [0.5, 0.6) is 0 Å². The van der Waals surface area contributed by atoms with Crippen LogP contribution >= 0.6 is 0 Å². The lowest BCUT2D eigenvalue weighted by Crippen LogP contribution is -2.26. The molecule has 0 atom stereocenters. The lowest BCUT2D eigenvalue weighted by molar-refractivity contribution is 0.138. The highest BCUT2D eigenvalue weighted by Crippen LogP contribution is 2.08. The SMILES string of the molecule is C=Cc1ccc(COC(=O)NCCCCCCNC(=O)OCc2ccc(C=C)cc2)cc1. The van der Waals surface area contributed by atoms with Gasteiger partial charge in [-0.25, -0.2) is 9.59 Å². The molecule has 0 aliphatic carbocycles. The number of hydrogen-bond donors (Lipinski definition) is 2. The molecule has 0 saturated carbocycles. The van der Waals surface area contributed by atoms with Crippen molar-refractivity contribution in [2.75, 3.05) is 13.1 Å². The predicted molar refractivity (Wildman–Crippen MR) is 128 cm³/mol. The molecule has 0 heterocycles. The van der Waals surface area contributed by atoms with E-state index in [1.807, 2.05) is 48.5 Å². The Hall–Kier alpha value is -3.54. The molecule has 2 rings (SSSR count). The van der Waals surface area contributed by atoms with Crippen molar-refractivity contribution in [3.63, 3.8) is 0 Å². The zero-order valence-electron chi connectivity index (χ0n) is 18.5. The summed E-state index contributed by atoms with van der Waals surface area (Å²) in [5.74, 6) is 0. The minimum Gasteiger partial charge on any atom is -0.445 e. The molecule has 0 unspecified atom stereocenters. The number of carbonyl (C=O) groups is 2. The molecule has 0 aliphatic rings. The Labute approximate surface area is 190 Å². The number of amides is 2. The smallest absolute Gasteiger partial charge is 0.407 e. The van der Waals surface area contributed by atoms with Gasteiger partial charge in [0.2, 0.25) is 0 Å². The summed E-state index contributed by atoms with van der Waals surface area (Å²) < 4.78 is 10.4. The minimum atomic E-state index is -0.415. The Morgan fingerprint density at radius 1 is 0.656 bits per heavy atom. The number of nitrogens with one attached hydrogen (secondary N) is 2. The number of alkyl carbamates (subject to hydrolysis) is 2. The van der Waals surface area contributed by atoms with Gasteiger partial charge in [-0.1, -0.05) is 86.7 Å². The molecular weight excluding hydrogens is 404 g/mol. The van der Waals surface area contributed by atoms with Gasteiger partial charge in [0.25, 0.3) is 0 Å². The van der Waals surface area contributed by atoms with Crippen LogP contribution in [0.4, 0.5) is 9.59 Å². The molecule has 0 spiro atoms. The molecule has 2 N–H and O–H groups in total. The van der Waals surface area contributed by atoms with Gasteiger partial charge >= 0.3 is 12.2 Å². The summed E-state index contributed by atoms with van der Waals surface area (Å²) >= 11 is 0. The number of rotatable bonds is 13. The van der Waals surface area contributed by atoms with Gasteiger partial charge in [0.05, 0.1) is 0 Å². The van der Waals surface area contributed by atoms with Crippen LogP contribution in [0.15, 0.2) is 61.7 Å². The van der Waals surface area contributed by atoms with Crippen molar-refractivity contribution in [3.8, 4) is 0 Å². The predicted octanol–water partition coefficient (Wildman–Crippen LogP) is 5.69. The van der Waals surface area contributed by atoms with E-state index in [1.54, 1.807) is 12.2 Å². The molecule has 0 fully saturated rings. The molecular formula is C26H32N2O4. The number of benzene rings is 2. The van der Waals surface area contributed by atoms with Crippen molar-refractivity contribution in [2.24, 2.45) is 0 Å². The monoisotopic (exact) mass is 436 g/mol. The summed E-state index contributed by atoms with van der Waals surface area (Å²) in [5.41, 5.74) is 3.92. The lowest BCUT2D eigenvalue weighted by atomic mass is 10.1.